The number of phosphoric acid groups is 3. The molecule has 24 nitrogen and oxygen atoms in total. The SMILES string of the molecule is CC[C@@H](C)C(=O)SCCNC(=O)CCNC(=O)[C@H](O)C(C)(C)COP(=O)([O-])OP(=O)([O-])OC[C@H]1O[C@@H](n2cnc3c(N)ncnc32)[C@H](O)[C@@H]1OP(=O)([O-])[O-]. The van der Waals surface area contributed by atoms with Crippen molar-refractivity contribution >= 4 is 69.1 Å². The summed E-state index contributed by atoms with van der Waals surface area (Å²) in [5.74, 6) is -1.28. The quantitative estimate of drug-likeness (QED) is 0.0625. The van der Waals surface area contributed by atoms with Gasteiger partial charge in [0, 0.05) is 36.6 Å². The highest BCUT2D eigenvalue weighted by atomic mass is 32.2. The number of fused-ring (bicyclic) bond motifs is 1. The molecular weight excluding hydrogens is 807 g/mol. The molecule has 0 radical (unpaired) electrons. The van der Waals surface area contributed by atoms with Crippen LogP contribution in [0.5, 0.6) is 0 Å². The van der Waals surface area contributed by atoms with Gasteiger partial charge in [0.1, 0.15) is 36.3 Å². The second-order valence-corrected chi connectivity index (χ2v) is 17.6. The summed E-state index contributed by atoms with van der Waals surface area (Å²) in [7, 11) is -17.6. The number of rotatable bonds is 21. The van der Waals surface area contributed by atoms with E-state index in [-0.39, 0.29) is 47.5 Å². The molecule has 3 rings (SSSR count). The summed E-state index contributed by atoms with van der Waals surface area (Å²) in [6.07, 6.45) is -6.86. The van der Waals surface area contributed by atoms with E-state index in [0.29, 0.717) is 12.2 Å². The first kappa shape index (κ1) is 45.9. The molecule has 6 N–H and O–H groups in total. The van der Waals surface area contributed by atoms with E-state index in [1.54, 1.807) is 6.92 Å². The third kappa shape index (κ3) is 13.4. The minimum absolute atomic E-state index is 0.00683. The number of aromatic nitrogens is 4. The van der Waals surface area contributed by atoms with Crippen LogP contribution in [0.2, 0.25) is 0 Å². The van der Waals surface area contributed by atoms with Crippen molar-refractivity contribution in [2.24, 2.45) is 11.3 Å². The molecule has 306 valence electrons. The number of ether oxygens (including phenoxy) is 1. The average molecular weight is 848 g/mol. The molecule has 1 aliphatic heterocycles. The fourth-order valence-electron chi connectivity index (χ4n) is 4.57. The summed E-state index contributed by atoms with van der Waals surface area (Å²) in [5, 5.41) is 26.2. The number of hydrogen-bond acceptors (Lipinski definition) is 22. The highest BCUT2D eigenvalue weighted by molar-refractivity contribution is 8.13. The predicted octanol–water partition coefficient (Wildman–Crippen LogP) is -2.82. The van der Waals surface area contributed by atoms with Crippen molar-refractivity contribution in [3.8, 4) is 0 Å². The Morgan fingerprint density at radius 1 is 1.09 bits per heavy atom. The predicted molar refractivity (Wildman–Crippen MR) is 178 cm³/mol. The number of phosphoric ester groups is 3. The molecule has 54 heavy (non-hydrogen) atoms. The molecule has 0 saturated carbocycles. The molecule has 28 heteroatoms. The standard InChI is InChI=1S/C26H44N7O17P3S/c1-5-14(2)25(38)54-9-8-28-16(34)6-7-29-23(37)20(36)26(3,4)11-47-53(44,45)50-52(42,43)46-10-15-19(49-51(39,40)41)18(35)24(48-15)33-13-32-17-21(27)30-12-31-22(17)33/h12-15,18-20,24,35-36H,5-11H2,1-4H3,(H,28,34)(H,29,37)(H,42,43)(H,44,45)(H2,27,30,31)(H2,39,40,41)/p-4/t14-,15-,18-,19-,20+,24-/m1/s1. The first-order valence-corrected chi connectivity index (χ1v) is 21.3. The van der Waals surface area contributed by atoms with Crippen LogP contribution in [0.3, 0.4) is 0 Å². The lowest BCUT2D eigenvalue weighted by Gasteiger charge is -2.36. The number of aliphatic hydroxyl groups is 2. The Labute approximate surface area is 312 Å². The first-order chi connectivity index (χ1) is 25.0. The smallest absolute Gasteiger partial charge is 0.274 e. The van der Waals surface area contributed by atoms with Gasteiger partial charge in [-0.05, 0) is 6.42 Å². The van der Waals surface area contributed by atoms with Gasteiger partial charge in [0.15, 0.2) is 22.8 Å². The Morgan fingerprint density at radius 3 is 2.41 bits per heavy atom. The second kappa shape index (κ2) is 19.1. The maximum absolute atomic E-state index is 12.5. The highest BCUT2D eigenvalue weighted by Gasteiger charge is 2.47. The number of nitrogen functional groups attached to an aromatic ring is 1. The third-order valence-electron chi connectivity index (χ3n) is 7.74. The Balaban J connectivity index is 1.51. The van der Waals surface area contributed by atoms with Crippen LogP contribution in [-0.4, -0.2) is 103 Å². The summed E-state index contributed by atoms with van der Waals surface area (Å²) >= 11 is 1.09. The number of aliphatic hydroxyl groups excluding tert-OH is 2. The number of anilines is 1. The number of carbonyl (C=O) groups excluding carboxylic acids is 3. The maximum Gasteiger partial charge on any atom is 0.274 e. The molecule has 3 heterocycles. The van der Waals surface area contributed by atoms with Crippen LogP contribution < -0.4 is 35.9 Å². The van der Waals surface area contributed by atoms with E-state index in [1.807, 2.05) is 6.92 Å². The minimum Gasteiger partial charge on any atom is -0.790 e. The van der Waals surface area contributed by atoms with Gasteiger partial charge in [-0.2, -0.15) is 0 Å². The topological polar surface area (TPSA) is 375 Å². The summed E-state index contributed by atoms with van der Waals surface area (Å²) in [4.78, 5) is 95.7. The van der Waals surface area contributed by atoms with Gasteiger partial charge in [-0.25, -0.2) is 19.3 Å². The van der Waals surface area contributed by atoms with E-state index in [2.05, 4.69) is 43.5 Å². The maximum atomic E-state index is 12.5. The van der Waals surface area contributed by atoms with Crippen molar-refractivity contribution in [3.63, 3.8) is 0 Å². The molecule has 0 aliphatic carbocycles. The summed E-state index contributed by atoms with van der Waals surface area (Å²) < 4.78 is 60.4. The van der Waals surface area contributed by atoms with Crippen molar-refractivity contribution < 1.29 is 80.5 Å². The Kier molecular flexibility index (Phi) is 16.3. The number of amides is 2. The van der Waals surface area contributed by atoms with Gasteiger partial charge in [-0.15, -0.1) is 0 Å². The molecule has 2 aromatic heterocycles. The lowest BCUT2D eigenvalue weighted by molar-refractivity contribution is -0.347. The Bertz CT molecular complexity index is 1780. The number of nitrogens with two attached hydrogens (primary N) is 1. The monoisotopic (exact) mass is 847 g/mol. The van der Waals surface area contributed by atoms with E-state index < -0.39 is 84.6 Å². The van der Waals surface area contributed by atoms with Crippen LogP contribution in [0.4, 0.5) is 5.82 Å². The number of hydrogen-bond donors (Lipinski definition) is 5. The van der Waals surface area contributed by atoms with E-state index in [0.717, 1.165) is 29.0 Å². The normalized spacial score (nSPS) is 22.6. The minimum atomic E-state index is -5.91. The summed E-state index contributed by atoms with van der Waals surface area (Å²) in [5.41, 5.74) is 4.07. The van der Waals surface area contributed by atoms with Crippen LogP contribution in [-0.2, 0) is 50.7 Å². The van der Waals surface area contributed by atoms with Crippen molar-refractivity contribution in [1.82, 2.24) is 30.2 Å². The van der Waals surface area contributed by atoms with Crippen LogP contribution in [0.1, 0.15) is 46.8 Å². The van der Waals surface area contributed by atoms with E-state index in [1.165, 1.54) is 13.8 Å². The fourth-order valence-corrected chi connectivity index (χ4v) is 8.16. The molecule has 1 fully saturated rings. The van der Waals surface area contributed by atoms with Crippen molar-refractivity contribution in [3.05, 3.63) is 12.7 Å². The number of nitrogens with zero attached hydrogens (tertiary/aromatic N) is 4. The first-order valence-electron chi connectivity index (χ1n) is 16.0. The molecule has 8 atom stereocenters. The summed E-state index contributed by atoms with van der Waals surface area (Å²) in [6, 6.07) is 0. The zero-order valence-corrected chi connectivity index (χ0v) is 32.7. The van der Waals surface area contributed by atoms with Crippen molar-refractivity contribution in [2.45, 2.75) is 71.2 Å². The molecule has 0 aromatic carbocycles. The number of thioether (sulfide) groups is 1. The van der Waals surface area contributed by atoms with E-state index in [4.69, 9.17) is 10.5 Å². The van der Waals surface area contributed by atoms with Crippen LogP contribution in [0, 0.1) is 11.3 Å². The lowest BCUT2D eigenvalue weighted by Crippen LogP contribution is -2.46. The lowest BCUT2D eigenvalue weighted by atomic mass is 9.87. The van der Waals surface area contributed by atoms with Crippen LogP contribution in [0.25, 0.3) is 11.2 Å². The van der Waals surface area contributed by atoms with Gasteiger partial charge in [0.05, 0.1) is 27.4 Å². The van der Waals surface area contributed by atoms with E-state index >= 15 is 0 Å². The van der Waals surface area contributed by atoms with Crippen molar-refractivity contribution in [1.29, 1.82) is 0 Å². The molecule has 1 saturated heterocycles. The fraction of sp³-hybridized carbons (Fsp3) is 0.692. The zero-order chi connectivity index (χ0) is 40.6. The number of imidazole rings is 1. The van der Waals surface area contributed by atoms with E-state index in [9.17, 15) is 57.9 Å². The summed E-state index contributed by atoms with van der Waals surface area (Å²) in [6.45, 7) is 3.81. The molecule has 0 bridgehead atoms. The molecular formula is C26H40N7O17P3S-4. The molecule has 1 aliphatic rings. The van der Waals surface area contributed by atoms with Crippen molar-refractivity contribution in [2.75, 3.05) is 37.8 Å². The zero-order valence-electron chi connectivity index (χ0n) is 29.2. The average Bonchev–Trinajstić information content (AvgIpc) is 3.64. The van der Waals surface area contributed by atoms with Gasteiger partial charge in [0.25, 0.3) is 15.6 Å². The molecule has 2 aromatic rings. The Morgan fingerprint density at radius 2 is 1.76 bits per heavy atom. The van der Waals surface area contributed by atoms with Crippen LogP contribution in [0.15, 0.2) is 12.7 Å². The van der Waals surface area contributed by atoms with Gasteiger partial charge >= 0.3 is 0 Å². The van der Waals surface area contributed by atoms with Gasteiger partial charge in [0.2, 0.25) is 11.8 Å². The number of nitrogens with one attached hydrogen (secondary N) is 2. The van der Waals surface area contributed by atoms with Gasteiger partial charge in [-0.3, -0.25) is 28.1 Å². The molecule has 2 amide bonds. The largest absolute Gasteiger partial charge is 0.790 e. The molecule has 2 unspecified atom stereocenters. The van der Waals surface area contributed by atoms with Gasteiger partial charge < -0.3 is 69.0 Å². The van der Waals surface area contributed by atoms with Gasteiger partial charge in [-0.1, -0.05) is 39.5 Å². The second-order valence-electron chi connectivity index (χ2n) is 12.5. The Hall–Kier alpha value is -2.44. The highest BCUT2D eigenvalue weighted by Crippen LogP contribution is 2.56. The third-order valence-corrected chi connectivity index (χ3v) is 11.8. The molecule has 0 spiro atoms. The van der Waals surface area contributed by atoms with Crippen LogP contribution >= 0.6 is 35.2 Å². The number of carbonyl (C=O) groups is 3.